The molecule has 3 aliphatic carbocycles. The standard InChI is InChI=1S/C34H35N5O9/c1-38(2)24-16-12-13-18(37-33(47)36-17-11-7-9-14-8-5-6-10-15(14)17)26(40)19(16)27(41)21-20(24)28(42)23-25(39(3)4)29(43)22(32(35)46)31(45)34(23,48)30(21)44/h5-13,20-25,28,40,42,48H,1-4H3,(H2,35,46)(H2,36,37,47)/t20-,21?,22?,23+,24?,25-,28-,34-/m0/s1. The first-order valence-electron chi connectivity index (χ1n) is 15.2. The average Bonchev–Trinajstić information content (AvgIpc) is 3.02. The van der Waals surface area contributed by atoms with Crippen molar-refractivity contribution in [3.8, 4) is 5.75 Å². The van der Waals surface area contributed by atoms with E-state index in [2.05, 4.69) is 10.6 Å². The Kier molecular flexibility index (Phi) is 7.95. The SMILES string of the molecule is CN(C)C1c2ccc(NC(=O)Nc3cccc4ccccc34)c(O)c2C(=O)C2C(=O)[C@]3(O)C(=O)C(C(N)=O)C(=O)[C@@H](N(C)C)[C@@H]3[C@@H](O)[C@@H]21. The minimum atomic E-state index is -3.13. The third-order valence-electron chi connectivity index (χ3n) is 9.95. The van der Waals surface area contributed by atoms with Crippen LogP contribution in [-0.4, -0.2) is 106 Å². The summed E-state index contributed by atoms with van der Waals surface area (Å²) < 4.78 is 0. The first-order valence-corrected chi connectivity index (χ1v) is 15.2. The van der Waals surface area contributed by atoms with Crippen molar-refractivity contribution in [2.45, 2.75) is 23.8 Å². The summed E-state index contributed by atoms with van der Waals surface area (Å²) in [6.45, 7) is 0. The van der Waals surface area contributed by atoms with Crippen LogP contribution in [0.2, 0.25) is 0 Å². The largest absolute Gasteiger partial charge is 0.505 e. The molecule has 3 aliphatic rings. The van der Waals surface area contributed by atoms with Crippen LogP contribution in [-0.2, 0) is 19.2 Å². The molecule has 0 bridgehead atoms. The van der Waals surface area contributed by atoms with E-state index in [0.717, 1.165) is 10.8 Å². The highest BCUT2D eigenvalue weighted by Crippen LogP contribution is 2.55. The number of benzene rings is 3. The highest BCUT2D eigenvalue weighted by atomic mass is 16.3. The van der Waals surface area contributed by atoms with Gasteiger partial charge in [-0.15, -0.1) is 0 Å². The van der Waals surface area contributed by atoms with Gasteiger partial charge in [0.1, 0.15) is 5.75 Å². The van der Waals surface area contributed by atoms with E-state index >= 15 is 0 Å². The molecule has 8 atom stereocenters. The van der Waals surface area contributed by atoms with Gasteiger partial charge in [0.15, 0.2) is 34.7 Å². The van der Waals surface area contributed by atoms with Crippen molar-refractivity contribution in [3.05, 3.63) is 65.7 Å². The number of fused-ring (bicyclic) bond motifs is 4. The number of ketones is 4. The molecular weight excluding hydrogens is 622 g/mol. The number of likely N-dealkylation sites (N-methyl/N-ethyl adjacent to an activating group) is 1. The maximum atomic E-state index is 14.3. The number of urea groups is 1. The number of hydrogen-bond donors (Lipinski definition) is 6. The molecule has 2 fully saturated rings. The van der Waals surface area contributed by atoms with E-state index in [-0.39, 0.29) is 16.8 Å². The smallest absolute Gasteiger partial charge is 0.323 e. The first-order chi connectivity index (χ1) is 22.6. The van der Waals surface area contributed by atoms with Gasteiger partial charge in [0.25, 0.3) is 0 Å². The number of nitrogens with zero attached hydrogens (tertiary/aromatic N) is 2. The Morgan fingerprint density at radius 2 is 1.46 bits per heavy atom. The topological polar surface area (TPSA) is 220 Å². The van der Waals surface area contributed by atoms with Gasteiger partial charge in [-0.1, -0.05) is 42.5 Å². The summed E-state index contributed by atoms with van der Waals surface area (Å²) in [5.41, 5.74) is 2.43. The lowest BCUT2D eigenvalue weighted by atomic mass is 9.50. The fourth-order valence-electron chi connectivity index (χ4n) is 7.97. The molecule has 3 aromatic rings. The molecule has 3 unspecified atom stereocenters. The zero-order valence-electron chi connectivity index (χ0n) is 26.5. The minimum absolute atomic E-state index is 0.169. The van der Waals surface area contributed by atoms with E-state index in [9.17, 15) is 44.1 Å². The normalized spacial score (nSPS) is 29.8. The molecule has 6 rings (SSSR count). The molecule has 3 amide bonds. The predicted octanol–water partition coefficient (Wildman–Crippen LogP) is 0.695. The molecule has 48 heavy (non-hydrogen) atoms. The van der Waals surface area contributed by atoms with Crippen molar-refractivity contribution in [1.82, 2.24) is 9.80 Å². The molecule has 0 heterocycles. The first kappa shape index (κ1) is 32.9. The van der Waals surface area contributed by atoms with Gasteiger partial charge in [0.2, 0.25) is 5.91 Å². The van der Waals surface area contributed by atoms with Gasteiger partial charge in [-0.25, -0.2) is 4.79 Å². The van der Waals surface area contributed by atoms with E-state index in [0.29, 0.717) is 5.69 Å². The van der Waals surface area contributed by atoms with Crippen LogP contribution in [0.4, 0.5) is 16.2 Å². The molecule has 0 spiro atoms. The number of hydrogen-bond acceptors (Lipinski definition) is 11. The average molecular weight is 658 g/mol. The number of phenols is 1. The Hall–Kier alpha value is -5.02. The highest BCUT2D eigenvalue weighted by molar-refractivity contribution is 6.32. The molecule has 14 nitrogen and oxygen atoms in total. The van der Waals surface area contributed by atoms with Gasteiger partial charge in [0, 0.05) is 17.3 Å². The van der Waals surface area contributed by atoms with Crippen LogP contribution in [0.3, 0.4) is 0 Å². The van der Waals surface area contributed by atoms with Gasteiger partial charge in [0.05, 0.1) is 40.9 Å². The zero-order chi connectivity index (χ0) is 35.0. The number of nitrogens with two attached hydrogens (primary N) is 1. The van der Waals surface area contributed by atoms with E-state index < -0.39 is 88.3 Å². The van der Waals surface area contributed by atoms with Gasteiger partial charge in [-0.2, -0.15) is 0 Å². The lowest BCUT2D eigenvalue weighted by molar-refractivity contribution is -0.199. The number of aliphatic hydroxyl groups excluding tert-OH is 1. The third kappa shape index (κ3) is 4.63. The molecule has 0 radical (unpaired) electrons. The van der Waals surface area contributed by atoms with Crippen LogP contribution in [0.5, 0.6) is 5.75 Å². The van der Waals surface area contributed by atoms with Crippen molar-refractivity contribution >= 4 is 57.2 Å². The van der Waals surface area contributed by atoms with E-state index in [4.69, 9.17) is 5.73 Å². The van der Waals surface area contributed by atoms with Gasteiger partial charge >= 0.3 is 6.03 Å². The van der Waals surface area contributed by atoms with Crippen LogP contribution in [0.25, 0.3) is 10.8 Å². The second kappa shape index (κ2) is 11.6. The van der Waals surface area contributed by atoms with Gasteiger partial charge in [-0.05, 0) is 51.3 Å². The second-order valence-electron chi connectivity index (χ2n) is 13.0. The third-order valence-corrected chi connectivity index (χ3v) is 9.95. The fraction of sp³-hybridized carbons (Fsp3) is 0.353. The van der Waals surface area contributed by atoms with Crippen molar-refractivity contribution in [2.75, 3.05) is 38.8 Å². The summed E-state index contributed by atoms with van der Waals surface area (Å²) in [6.07, 6.45) is -1.79. The van der Waals surface area contributed by atoms with E-state index in [1.54, 1.807) is 31.1 Å². The Balaban J connectivity index is 1.42. The van der Waals surface area contributed by atoms with Crippen LogP contribution < -0.4 is 16.4 Å². The number of anilines is 2. The van der Waals surface area contributed by atoms with E-state index in [1.807, 2.05) is 30.3 Å². The van der Waals surface area contributed by atoms with Gasteiger partial charge < -0.3 is 36.6 Å². The number of carbonyl (C=O) groups is 6. The number of primary amides is 1. The van der Waals surface area contributed by atoms with Crippen LogP contribution in [0.1, 0.15) is 22.0 Å². The Morgan fingerprint density at radius 3 is 2.10 bits per heavy atom. The number of Topliss-reactive ketones (excluding diaryl/α,β-unsaturated/α-hetero) is 4. The number of nitrogens with one attached hydrogen (secondary N) is 2. The molecule has 2 saturated carbocycles. The summed E-state index contributed by atoms with van der Waals surface area (Å²) in [5, 5.41) is 42.2. The van der Waals surface area contributed by atoms with Crippen molar-refractivity contribution in [3.63, 3.8) is 0 Å². The Morgan fingerprint density at radius 1 is 0.833 bits per heavy atom. The van der Waals surface area contributed by atoms with Gasteiger partial charge in [-0.3, -0.25) is 28.9 Å². The number of aliphatic hydroxyl groups is 2. The number of carbonyl (C=O) groups excluding carboxylic acids is 6. The van der Waals surface area contributed by atoms with E-state index in [1.165, 1.54) is 31.1 Å². The quantitative estimate of drug-likeness (QED) is 0.166. The number of rotatable bonds is 5. The molecule has 3 aromatic carbocycles. The minimum Gasteiger partial charge on any atom is -0.505 e. The molecule has 14 heteroatoms. The Labute approximate surface area is 274 Å². The number of aromatic hydroxyl groups is 1. The summed E-state index contributed by atoms with van der Waals surface area (Å²) >= 11 is 0. The summed E-state index contributed by atoms with van der Waals surface area (Å²) in [6, 6.07) is 12.4. The molecular formula is C34H35N5O9. The number of amides is 3. The maximum Gasteiger partial charge on any atom is 0.323 e. The number of phenolic OH excluding ortho intramolecular Hbond substituents is 1. The highest BCUT2D eigenvalue weighted by Gasteiger charge is 2.73. The van der Waals surface area contributed by atoms with Crippen LogP contribution >= 0.6 is 0 Å². The monoisotopic (exact) mass is 657 g/mol. The summed E-state index contributed by atoms with van der Waals surface area (Å²) in [7, 11) is 6.08. The van der Waals surface area contributed by atoms with Crippen molar-refractivity contribution in [2.24, 2.45) is 29.4 Å². The van der Waals surface area contributed by atoms with Crippen LogP contribution in [0, 0.1) is 23.7 Å². The molecule has 250 valence electrons. The Bertz CT molecular complexity index is 1920. The lowest BCUT2D eigenvalue weighted by Gasteiger charge is -2.56. The summed E-state index contributed by atoms with van der Waals surface area (Å²) in [4.78, 5) is 83.9. The summed E-state index contributed by atoms with van der Waals surface area (Å²) in [5.74, 6) is -13.9. The molecule has 0 aromatic heterocycles. The lowest BCUT2D eigenvalue weighted by Crippen LogP contribution is -2.78. The predicted molar refractivity (Wildman–Crippen MR) is 172 cm³/mol. The fourth-order valence-corrected chi connectivity index (χ4v) is 7.97. The second-order valence-corrected chi connectivity index (χ2v) is 13.0. The zero-order valence-corrected chi connectivity index (χ0v) is 26.5. The van der Waals surface area contributed by atoms with Crippen LogP contribution in [0.15, 0.2) is 54.6 Å². The maximum absolute atomic E-state index is 14.3. The van der Waals surface area contributed by atoms with Crippen molar-refractivity contribution in [1.29, 1.82) is 0 Å². The molecule has 7 N–H and O–H groups in total. The molecule has 0 saturated heterocycles. The van der Waals surface area contributed by atoms with Crippen molar-refractivity contribution < 1.29 is 44.1 Å². The molecule has 0 aliphatic heterocycles.